The number of carbonyl (C=O) groups is 2. The van der Waals surface area contributed by atoms with Crippen LogP contribution in [-0.4, -0.2) is 29.4 Å². The van der Waals surface area contributed by atoms with E-state index in [0.29, 0.717) is 13.0 Å². The Balaban J connectivity index is 2.65. The van der Waals surface area contributed by atoms with Crippen LogP contribution in [0.1, 0.15) is 13.3 Å². The Morgan fingerprint density at radius 3 is 2.80 bits per heavy atom. The number of nitrogens with zero attached hydrogens (tertiary/aromatic N) is 1. The second-order valence-electron chi connectivity index (χ2n) is 3.44. The Labute approximate surface area is 89.2 Å². The van der Waals surface area contributed by atoms with Gasteiger partial charge >= 0.3 is 5.97 Å². The molecule has 1 fully saturated rings. The van der Waals surface area contributed by atoms with Crippen molar-refractivity contribution in [1.82, 2.24) is 4.90 Å². The minimum atomic E-state index is -0.555. The van der Waals surface area contributed by atoms with Crippen molar-refractivity contribution in [2.75, 3.05) is 6.54 Å². The molecule has 4 nitrogen and oxygen atoms in total. The third-order valence-corrected chi connectivity index (χ3v) is 2.57. The van der Waals surface area contributed by atoms with Crippen molar-refractivity contribution in [1.29, 1.82) is 0 Å². The lowest BCUT2D eigenvalue weighted by Gasteiger charge is -2.21. The van der Waals surface area contributed by atoms with E-state index in [1.165, 1.54) is 4.90 Å². The molecule has 0 aromatic rings. The molecule has 4 heteroatoms. The maximum atomic E-state index is 11.7. The molecular formula is C11H15NO3. The van der Waals surface area contributed by atoms with E-state index in [9.17, 15) is 9.59 Å². The lowest BCUT2D eigenvalue weighted by molar-refractivity contribution is -0.148. The second-order valence-corrected chi connectivity index (χ2v) is 3.44. The van der Waals surface area contributed by atoms with Crippen LogP contribution < -0.4 is 0 Å². The summed E-state index contributed by atoms with van der Waals surface area (Å²) in [7, 11) is 0. The largest absolute Gasteiger partial charge is 0.434 e. The van der Waals surface area contributed by atoms with Crippen LogP contribution in [0.15, 0.2) is 25.5 Å². The highest BCUT2D eigenvalue weighted by Gasteiger charge is 2.35. The minimum Gasteiger partial charge on any atom is -0.434 e. The average Bonchev–Trinajstić information content (AvgIpc) is 2.59. The highest BCUT2D eigenvalue weighted by Crippen LogP contribution is 2.21. The summed E-state index contributed by atoms with van der Waals surface area (Å²) in [6.07, 6.45) is 3.41. The number of rotatable bonds is 4. The van der Waals surface area contributed by atoms with E-state index in [4.69, 9.17) is 0 Å². The van der Waals surface area contributed by atoms with Crippen LogP contribution in [0.2, 0.25) is 0 Å². The number of carbonyl (C=O) groups excluding carboxylic acids is 2. The van der Waals surface area contributed by atoms with Gasteiger partial charge < -0.3 is 9.64 Å². The predicted molar refractivity (Wildman–Crippen MR) is 55.8 cm³/mol. The molecular weight excluding hydrogens is 194 g/mol. The average molecular weight is 209 g/mol. The monoisotopic (exact) mass is 209 g/mol. The van der Waals surface area contributed by atoms with E-state index in [2.05, 4.69) is 17.9 Å². The standard InChI is InChI=1S/C11H15NO3/c1-4-9-6-7-12(10(9)13)8(3)11(14)15-5-2/h4-5,8-9H,1-2,6-7H2,3H3. The number of amides is 1. The first-order valence-corrected chi connectivity index (χ1v) is 4.86. The smallest absolute Gasteiger partial charge is 0.333 e. The van der Waals surface area contributed by atoms with Crippen molar-refractivity contribution >= 4 is 11.9 Å². The van der Waals surface area contributed by atoms with E-state index >= 15 is 0 Å². The zero-order valence-electron chi connectivity index (χ0n) is 8.81. The first-order chi connectivity index (χ1) is 7.11. The van der Waals surface area contributed by atoms with Crippen molar-refractivity contribution in [2.24, 2.45) is 5.92 Å². The van der Waals surface area contributed by atoms with Crippen LogP contribution in [0.25, 0.3) is 0 Å². The summed E-state index contributed by atoms with van der Waals surface area (Å²) in [6.45, 7) is 9.11. The lowest BCUT2D eigenvalue weighted by Crippen LogP contribution is -2.41. The molecule has 0 saturated carbocycles. The Hall–Kier alpha value is -1.58. The fraction of sp³-hybridized carbons (Fsp3) is 0.455. The van der Waals surface area contributed by atoms with Crippen molar-refractivity contribution in [2.45, 2.75) is 19.4 Å². The summed E-state index contributed by atoms with van der Waals surface area (Å²) in [6, 6.07) is -0.555. The molecule has 0 N–H and O–H groups in total. The van der Waals surface area contributed by atoms with Gasteiger partial charge in [-0.1, -0.05) is 12.7 Å². The normalized spacial score (nSPS) is 22.3. The van der Waals surface area contributed by atoms with Crippen molar-refractivity contribution in [3.63, 3.8) is 0 Å². The maximum Gasteiger partial charge on any atom is 0.333 e. The quantitative estimate of drug-likeness (QED) is 0.395. The van der Waals surface area contributed by atoms with Crippen LogP contribution in [0, 0.1) is 5.92 Å². The molecule has 1 amide bonds. The number of ether oxygens (including phenoxy) is 1. The van der Waals surface area contributed by atoms with Crippen LogP contribution in [0.4, 0.5) is 0 Å². The molecule has 15 heavy (non-hydrogen) atoms. The van der Waals surface area contributed by atoms with Crippen molar-refractivity contribution in [3.8, 4) is 0 Å². The Morgan fingerprint density at radius 2 is 2.33 bits per heavy atom. The van der Waals surface area contributed by atoms with Crippen molar-refractivity contribution in [3.05, 3.63) is 25.5 Å². The van der Waals surface area contributed by atoms with E-state index in [-0.39, 0.29) is 11.8 Å². The Bertz CT molecular complexity index is 298. The van der Waals surface area contributed by atoms with Gasteiger partial charge in [-0.3, -0.25) is 4.79 Å². The summed E-state index contributed by atoms with van der Waals surface area (Å²) in [5.41, 5.74) is 0. The van der Waals surface area contributed by atoms with Gasteiger partial charge in [-0.15, -0.1) is 6.58 Å². The number of hydrogen-bond donors (Lipinski definition) is 0. The summed E-state index contributed by atoms with van der Waals surface area (Å²) < 4.78 is 4.64. The van der Waals surface area contributed by atoms with Crippen LogP contribution in [0.3, 0.4) is 0 Å². The van der Waals surface area contributed by atoms with Crippen LogP contribution >= 0.6 is 0 Å². The second kappa shape index (κ2) is 4.77. The first-order valence-electron chi connectivity index (χ1n) is 4.86. The molecule has 1 saturated heterocycles. The molecule has 1 heterocycles. The van der Waals surface area contributed by atoms with Gasteiger partial charge in [0.25, 0.3) is 0 Å². The number of likely N-dealkylation sites (tertiary alicyclic amines) is 1. The third-order valence-electron chi connectivity index (χ3n) is 2.57. The zero-order valence-corrected chi connectivity index (χ0v) is 8.81. The van der Waals surface area contributed by atoms with E-state index in [1.807, 2.05) is 0 Å². The van der Waals surface area contributed by atoms with E-state index in [1.54, 1.807) is 13.0 Å². The Morgan fingerprint density at radius 1 is 1.67 bits per heavy atom. The predicted octanol–water partition coefficient (Wildman–Crippen LogP) is 1.10. The van der Waals surface area contributed by atoms with Crippen LogP contribution in [-0.2, 0) is 14.3 Å². The number of hydrogen-bond acceptors (Lipinski definition) is 3. The maximum absolute atomic E-state index is 11.7. The molecule has 0 radical (unpaired) electrons. The fourth-order valence-electron chi connectivity index (χ4n) is 1.64. The molecule has 2 atom stereocenters. The molecule has 2 unspecified atom stereocenters. The van der Waals surface area contributed by atoms with E-state index < -0.39 is 12.0 Å². The van der Waals surface area contributed by atoms with Gasteiger partial charge in [0, 0.05) is 6.54 Å². The molecule has 1 aliphatic heterocycles. The highest BCUT2D eigenvalue weighted by molar-refractivity contribution is 5.88. The minimum absolute atomic E-state index is 0.0569. The van der Waals surface area contributed by atoms with Gasteiger partial charge in [-0.2, -0.15) is 0 Å². The molecule has 0 aromatic heterocycles. The zero-order chi connectivity index (χ0) is 11.4. The molecule has 82 valence electrons. The molecule has 0 aliphatic carbocycles. The van der Waals surface area contributed by atoms with E-state index in [0.717, 1.165) is 6.26 Å². The van der Waals surface area contributed by atoms with Crippen LogP contribution in [0.5, 0.6) is 0 Å². The summed E-state index contributed by atoms with van der Waals surface area (Å²) >= 11 is 0. The molecule has 0 spiro atoms. The van der Waals surface area contributed by atoms with Gasteiger partial charge in [-0.25, -0.2) is 4.79 Å². The molecule has 1 rings (SSSR count). The molecule has 0 bridgehead atoms. The number of esters is 1. The Kier molecular flexibility index (Phi) is 3.66. The lowest BCUT2D eigenvalue weighted by atomic mass is 10.1. The first kappa shape index (κ1) is 11.5. The third kappa shape index (κ3) is 2.26. The molecule has 1 aliphatic rings. The van der Waals surface area contributed by atoms with Crippen molar-refractivity contribution < 1.29 is 14.3 Å². The fourth-order valence-corrected chi connectivity index (χ4v) is 1.64. The van der Waals surface area contributed by atoms with Gasteiger partial charge in [0.15, 0.2) is 0 Å². The van der Waals surface area contributed by atoms with Gasteiger partial charge in [0.2, 0.25) is 5.91 Å². The summed E-state index contributed by atoms with van der Waals surface area (Å²) in [5.74, 6) is -0.675. The van der Waals surface area contributed by atoms with Gasteiger partial charge in [-0.05, 0) is 13.3 Å². The topological polar surface area (TPSA) is 46.6 Å². The molecule has 0 aromatic carbocycles. The highest BCUT2D eigenvalue weighted by atomic mass is 16.5. The summed E-state index contributed by atoms with van der Waals surface area (Å²) in [4.78, 5) is 24.6. The summed E-state index contributed by atoms with van der Waals surface area (Å²) in [5, 5.41) is 0. The van der Waals surface area contributed by atoms with Gasteiger partial charge in [0.05, 0.1) is 12.2 Å². The SMILES string of the molecule is C=COC(=O)C(C)N1CCC(C=C)C1=O. The van der Waals surface area contributed by atoms with Gasteiger partial charge in [0.1, 0.15) is 6.04 Å².